The van der Waals surface area contributed by atoms with Crippen molar-refractivity contribution in [3.63, 3.8) is 0 Å². The molecular formula is C14H17N5O. The Morgan fingerprint density at radius 3 is 3.15 bits per heavy atom. The fourth-order valence-electron chi connectivity index (χ4n) is 2.44. The molecule has 0 bridgehead atoms. The predicted molar refractivity (Wildman–Crippen MR) is 75.4 cm³/mol. The van der Waals surface area contributed by atoms with Crippen LogP contribution in [0.4, 0.5) is 5.69 Å². The first-order valence-electron chi connectivity index (χ1n) is 6.69. The maximum absolute atomic E-state index is 12.2. The number of aryl methyl sites for hydroxylation is 1. The minimum Gasteiger partial charge on any atom is -0.384 e. The van der Waals surface area contributed by atoms with E-state index in [4.69, 9.17) is 0 Å². The Labute approximate surface area is 117 Å². The van der Waals surface area contributed by atoms with Crippen molar-refractivity contribution in [1.82, 2.24) is 20.1 Å². The van der Waals surface area contributed by atoms with E-state index in [1.807, 2.05) is 31.3 Å². The highest BCUT2D eigenvalue weighted by Crippen LogP contribution is 2.30. The molecule has 1 aliphatic heterocycles. The summed E-state index contributed by atoms with van der Waals surface area (Å²) < 4.78 is 1.66. The van der Waals surface area contributed by atoms with Gasteiger partial charge in [-0.2, -0.15) is 5.10 Å². The Bertz CT molecular complexity index is 622. The molecule has 104 valence electrons. The minimum atomic E-state index is -0.108. The lowest BCUT2D eigenvalue weighted by Crippen LogP contribution is -2.32. The van der Waals surface area contributed by atoms with Crippen LogP contribution in [0.15, 0.2) is 30.6 Å². The van der Waals surface area contributed by atoms with Gasteiger partial charge in [0.05, 0.1) is 5.92 Å². The second-order valence-electron chi connectivity index (χ2n) is 4.90. The summed E-state index contributed by atoms with van der Waals surface area (Å²) in [5, 5.41) is 10.4. The van der Waals surface area contributed by atoms with Crippen LogP contribution in [0, 0.1) is 0 Å². The van der Waals surface area contributed by atoms with Crippen LogP contribution in [-0.4, -0.2) is 33.8 Å². The van der Waals surface area contributed by atoms with Crippen molar-refractivity contribution in [3.05, 3.63) is 42.0 Å². The number of amides is 1. The van der Waals surface area contributed by atoms with Gasteiger partial charge in [-0.25, -0.2) is 4.98 Å². The summed E-state index contributed by atoms with van der Waals surface area (Å²) >= 11 is 0. The van der Waals surface area contributed by atoms with Crippen molar-refractivity contribution in [1.29, 1.82) is 0 Å². The molecule has 1 atom stereocenters. The highest BCUT2D eigenvalue weighted by Gasteiger charge is 2.27. The van der Waals surface area contributed by atoms with Gasteiger partial charge in [-0.05, 0) is 11.6 Å². The summed E-state index contributed by atoms with van der Waals surface area (Å²) in [4.78, 5) is 16.3. The molecule has 6 nitrogen and oxygen atoms in total. The first-order chi connectivity index (χ1) is 9.74. The number of benzene rings is 1. The number of hydrogen-bond donors (Lipinski definition) is 2. The largest absolute Gasteiger partial charge is 0.384 e. The highest BCUT2D eigenvalue weighted by molar-refractivity contribution is 5.88. The van der Waals surface area contributed by atoms with Crippen molar-refractivity contribution in [2.45, 2.75) is 12.3 Å². The molecule has 0 fully saturated rings. The standard InChI is InChI=1S/C14H17N5O/c1-19-9-17-13(18-19)6-7-15-14(20)11-8-16-12-5-3-2-4-10(11)12/h2-5,9,11,16H,6-8H2,1H3,(H,15,20). The molecule has 6 heteroatoms. The van der Waals surface area contributed by atoms with Gasteiger partial charge in [-0.15, -0.1) is 0 Å². The van der Waals surface area contributed by atoms with Crippen molar-refractivity contribution in [3.8, 4) is 0 Å². The molecule has 1 unspecified atom stereocenters. The number of hydrogen-bond acceptors (Lipinski definition) is 4. The number of nitrogens with one attached hydrogen (secondary N) is 2. The Balaban J connectivity index is 1.55. The average molecular weight is 271 g/mol. The zero-order valence-electron chi connectivity index (χ0n) is 11.3. The molecular weight excluding hydrogens is 254 g/mol. The van der Waals surface area contributed by atoms with Gasteiger partial charge in [0.25, 0.3) is 0 Å². The Morgan fingerprint density at radius 1 is 1.50 bits per heavy atom. The third kappa shape index (κ3) is 2.49. The second-order valence-corrected chi connectivity index (χ2v) is 4.90. The van der Waals surface area contributed by atoms with Gasteiger partial charge < -0.3 is 10.6 Å². The van der Waals surface area contributed by atoms with Crippen LogP contribution in [-0.2, 0) is 18.3 Å². The summed E-state index contributed by atoms with van der Waals surface area (Å²) in [5.74, 6) is 0.694. The molecule has 3 rings (SSSR count). The molecule has 2 heterocycles. The summed E-state index contributed by atoms with van der Waals surface area (Å²) in [6, 6.07) is 7.93. The normalized spacial score (nSPS) is 16.6. The lowest BCUT2D eigenvalue weighted by Gasteiger charge is -2.10. The number of anilines is 1. The van der Waals surface area contributed by atoms with Gasteiger partial charge in [0.2, 0.25) is 5.91 Å². The highest BCUT2D eigenvalue weighted by atomic mass is 16.1. The topological polar surface area (TPSA) is 71.8 Å². The molecule has 0 aliphatic carbocycles. The van der Waals surface area contributed by atoms with Crippen LogP contribution in [0.5, 0.6) is 0 Å². The van der Waals surface area contributed by atoms with Gasteiger partial charge in [0, 0.05) is 32.2 Å². The number of aromatic nitrogens is 3. The summed E-state index contributed by atoms with van der Waals surface area (Å²) in [6.07, 6.45) is 2.31. The molecule has 2 N–H and O–H groups in total. The Morgan fingerprint density at radius 2 is 2.35 bits per heavy atom. The van der Waals surface area contributed by atoms with Crippen LogP contribution < -0.4 is 10.6 Å². The van der Waals surface area contributed by atoms with Crippen molar-refractivity contribution in [2.24, 2.45) is 7.05 Å². The third-order valence-electron chi connectivity index (χ3n) is 3.44. The molecule has 1 aromatic heterocycles. The van der Waals surface area contributed by atoms with Crippen molar-refractivity contribution < 1.29 is 4.79 Å². The van der Waals surface area contributed by atoms with Crippen molar-refractivity contribution >= 4 is 11.6 Å². The second kappa shape index (κ2) is 5.32. The smallest absolute Gasteiger partial charge is 0.229 e. The molecule has 20 heavy (non-hydrogen) atoms. The summed E-state index contributed by atoms with van der Waals surface area (Å²) in [6.45, 7) is 1.22. The number of carbonyl (C=O) groups excluding carboxylic acids is 1. The van der Waals surface area contributed by atoms with Crippen LogP contribution in [0.1, 0.15) is 17.3 Å². The SMILES string of the molecule is Cn1cnc(CCNC(=O)C2CNc3ccccc32)n1. The molecule has 0 saturated heterocycles. The average Bonchev–Trinajstić information content (AvgIpc) is 3.05. The maximum Gasteiger partial charge on any atom is 0.229 e. The van der Waals surface area contributed by atoms with Crippen LogP contribution in [0.2, 0.25) is 0 Å². The number of carbonyl (C=O) groups is 1. The first-order valence-corrected chi connectivity index (χ1v) is 6.69. The van der Waals surface area contributed by atoms with E-state index in [-0.39, 0.29) is 11.8 Å². The molecule has 0 spiro atoms. The molecule has 2 aromatic rings. The first kappa shape index (κ1) is 12.7. The zero-order chi connectivity index (χ0) is 13.9. The number of rotatable bonds is 4. The molecule has 1 aromatic carbocycles. The van der Waals surface area contributed by atoms with E-state index >= 15 is 0 Å². The Hall–Kier alpha value is -2.37. The number of fused-ring (bicyclic) bond motifs is 1. The summed E-state index contributed by atoms with van der Waals surface area (Å²) in [5.41, 5.74) is 2.13. The molecule has 1 amide bonds. The zero-order valence-corrected chi connectivity index (χ0v) is 11.3. The molecule has 0 saturated carbocycles. The van der Waals surface area contributed by atoms with E-state index in [0.29, 0.717) is 19.5 Å². The minimum absolute atomic E-state index is 0.0541. The van der Waals surface area contributed by atoms with Crippen LogP contribution in [0.25, 0.3) is 0 Å². The molecule has 1 aliphatic rings. The predicted octanol–water partition coefficient (Wildman–Crippen LogP) is 0.683. The van der Waals surface area contributed by atoms with Gasteiger partial charge in [0.15, 0.2) is 5.82 Å². The number of nitrogens with zero attached hydrogens (tertiary/aromatic N) is 3. The van der Waals surface area contributed by atoms with Gasteiger partial charge in [-0.1, -0.05) is 18.2 Å². The van der Waals surface area contributed by atoms with E-state index in [1.165, 1.54) is 0 Å². The van der Waals surface area contributed by atoms with E-state index < -0.39 is 0 Å². The fraction of sp³-hybridized carbons (Fsp3) is 0.357. The number of para-hydroxylation sites is 1. The maximum atomic E-state index is 12.2. The third-order valence-corrected chi connectivity index (χ3v) is 3.44. The molecule has 0 radical (unpaired) electrons. The quantitative estimate of drug-likeness (QED) is 0.858. The van der Waals surface area contributed by atoms with E-state index in [9.17, 15) is 4.79 Å². The van der Waals surface area contributed by atoms with E-state index in [0.717, 1.165) is 17.1 Å². The van der Waals surface area contributed by atoms with Gasteiger partial charge >= 0.3 is 0 Å². The van der Waals surface area contributed by atoms with Crippen molar-refractivity contribution in [2.75, 3.05) is 18.4 Å². The van der Waals surface area contributed by atoms with E-state index in [2.05, 4.69) is 20.7 Å². The lowest BCUT2D eigenvalue weighted by molar-refractivity contribution is -0.122. The van der Waals surface area contributed by atoms with Gasteiger partial charge in [-0.3, -0.25) is 9.48 Å². The van der Waals surface area contributed by atoms with Crippen LogP contribution >= 0.6 is 0 Å². The van der Waals surface area contributed by atoms with Crippen LogP contribution in [0.3, 0.4) is 0 Å². The lowest BCUT2D eigenvalue weighted by atomic mass is 10.0. The fourth-order valence-corrected chi connectivity index (χ4v) is 2.44. The van der Waals surface area contributed by atoms with E-state index in [1.54, 1.807) is 11.0 Å². The van der Waals surface area contributed by atoms with Gasteiger partial charge in [0.1, 0.15) is 6.33 Å². The monoisotopic (exact) mass is 271 g/mol. The summed E-state index contributed by atoms with van der Waals surface area (Å²) in [7, 11) is 1.83. The Kier molecular flexibility index (Phi) is 3.37.